The highest BCUT2D eigenvalue weighted by Crippen LogP contribution is 2.29. The molecule has 0 spiro atoms. The molecular formula is C16H13NO2S4. The lowest BCUT2D eigenvalue weighted by Gasteiger charge is -1.96. The zero-order valence-corrected chi connectivity index (χ0v) is 15.4. The minimum atomic E-state index is -3.62. The van der Waals surface area contributed by atoms with Crippen LogP contribution in [0.5, 0.6) is 0 Å². The van der Waals surface area contributed by atoms with Crippen molar-refractivity contribution in [3.05, 3.63) is 70.1 Å². The summed E-state index contributed by atoms with van der Waals surface area (Å²) in [6.07, 6.45) is 0. The van der Waals surface area contributed by atoms with Crippen LogP contribution in [-0.4, -0.2) is 8.42 Å². The molecule has 0 aliphatic heterocycles. The van der Waals surface area contributed by atoms with E-state index in [4.69, 9.17) is 0 Å². The molecule has 0 bridgehead atoms. The molecular weight excluding hydrogens is 366 g/mol. The van der Waals surface area contributed by atoms with Crippen LogP contribution in [0.4, 0.5) is 0 Å². The number of aryl methyl sites for hydroxylation is 1. The molecule has 0 saturated heterocycles. The van der Waals surface area contributed by atoms with Crippen LogP contribution < -0.4 is 0 Å². The third-order valence-corrected chi connectivity index (χ3v) is 8.33. The lowest BCUT2D eigenvalue weighted by Crippen LogP contribution is -1.94. The second kappa shape index (κ2) is 6.92. The maximum absolute atomic E-state index is 12.1. The van der Waals surface area contributed by atoms with Gasteiger partial charge in [0.25, 0.3) is 10.0 Å². The average Bonchev–Trinajstić information content (AvgIpc) is 3.04. The van der Waals surface area contributed by atoms with E-state index >= 15 is 0 Å². The highest BCUT2D eigenvalue weighted by Gasteiger charge is 2.10. The summed E-state index contributed by atoms with van der Waals surface area (Å²) < 4.78 is 29.0. The van der Waals surface area contributed by atoms with E-state index in [1.165, 1.54) is 15.9 Å². The van der Waals surface area contributed by atoms with E-state index in [9.17, 15) is 8.42 Å². The molecule has 2 aromatic carbocycles. The molecule has 23 heavy (non-hydrogen) atoms. The lowest BCUT2D eigenvalue weighted by molar-refractivity contribution is 0.598. The molecule has 0 N–H and O–H groups in total. The van der Waals surface area contributed by atoms with Gasteiger partial charge >= 0.3 is 0 Å². The Labute approximate surface area is 146 Å². The summed E-state index contributed by atoms with van der Waals surface area (Å²) in [5.74, 6) is 0. The maximum Gasteiger partial charge on any atom is 0.292 e. The number of hydrogen-bond acceptors (Lipinski definition) is 4. The Balaban J connectivity index is 1.96. The van der Waals surface area contributed by atoms with Crippen LogP contribution in [0.2, 0.25) is 0 Å². The van der Waals surface area contributed by atoms with Gasteiger partial charge in [-0.3, -0.25) is 0 Å². The minimum Gasteiger partial charge on any atom is -0.198 e. The second-order valence-electron chi connectivity index (χ2n) is 4.81. The van der Waals surface area contributed by atoms with E-state index in [0.29, 0.717) is 0 Å². The number of nitrogens with zero attached hydrogens (tertiary/aromatic N) is 1. The Morgan fingerprint density at radius 1 is 0.957 bits per heavy atom. The molecule has 1 heterocycles. The SMILES string of the molecule is Cc1ccc(-c2cc(=S=NS(=O)(=O)c3ccccc3)ss2)cc1. The molecule has 1 aromatic heterocycles. The summed E-state index contributed by atoms with van der Waals surface area (Å²) in [4.78, 5) is 1.33. The molecule has 0 unspecified atom stereocenters. The van der Waals surface area contributed by atoms with Crippen molar-refractivity contribution >= 4 is 41.9 Å². The monoisotopic (exact) mass is 379 g/mol. The highest BCUT2D eigenvalue weighted by molar-refractivity contribution is 7.94. The summed E-state index contributed by atoms with van der Waals surface area (Å²) in [5, 5.41) is 0. The predicted octanol–water partition coefficient (Wildman–Crippen LogP) is 4.97. The van der Waals surface area contributed by atoms with Gasteiger partial charge in [-0.05, 0) is 41.8 Å². The second-order valence-corrected chi connectivity index (χ2v) is 9.93. The number of hydrogen-bond donors (Lipinski definition) is 0. The van der Waals surface area contributed by atoms with Crippen molar-refractivity contribution in [2.45, 2.75) is 11.8 Å². The molecule has 0 aliphatic carbocycles. The number of sulfonamides is 1. The standard InChI is InChI=1S/C16H13NO2S4/c1-12-7-9-13(10-8-12)15-11-16(22-21-15)20-17-23(18,19)14-5-3-2-4-6-14/h2-11H,1H3. The molecule has 3 nitrogen and oxygen atoms in total. The van der Waals surface area contributed by atoms with Gasteiger partial charge in [0, 0.05) is 4.88 Å². The fourth-order valence-electron chi connectivity index (χ4n) is 1.85. The van der Waals surface area contributed by atoms with Crippen molar-refractivity contribution in [1.82, 2.24) is 0 Å². The fraction of sp³-hybridized carbons (Fsp3) is 0.0625. The normalized spacial score (nSPS) is 11.2. The van der Waals surface area contributed by atoms with Crippen LogP contribution in [0.1, 0.15) is 5.56 Å². The van der Waals surface area contributed by atoms with E-state index in [2.05, 4.69) is 35.0 Å². The minimum absolute atomic E-state index is 0.214. The lowest BCUT2D eigenvalue weighted by atomic mass is 10.1. The van der Waals surface area contributed by atoms with Gasteiger partial charge in [0.1, 0.15) is 3.82 Å². The van der Waals surface area contributed by atoms with Crippen molar-refractivity contribution in [3.8, 4) is 10.4 Å². The summed E-state index contributed by atoms with van der Waals surface area (Å²) in [5.41, 5.74) is 2.35. The number of benzene rings is 2. The summed E-state index contributed by atoms with van der Waals surface area (Å²) in [6.45, 7) is 2.05. The van der Waals surface area contributed by atoms with Crippen LogP contribution in [0.3, 0.4) is 0 Å². The van der Waals surface area contributed by atoms with Crippen molar-refractivity contribution in [2.75, 3.05) is 0 Å². The molecule has 0 fully saturated rings. The predicted molar refractivity (Wildman–Crippen MR) is 99.0 cm³/mol. The first-order chi connectivity index (χ1) is 11.0. The fourth-order valence-corrected chi connectivity index (χ4v) is 6.51. The Bertz CT molecular complexity index is 1010. The molecule has 0 amide bonds. The highest BCUT2D eigenvalue weighted by atomic mass is 32.9. The van der Waals surface area contributed by atoms with Gasteiger partial charge < -0.3 is 0 Å². The maximum atomic E-state index is 12.1. The van der Waals surface area contributed by atoms with E-state index in [-0.39, 0.29) is 4.90 Å². The van der Waals surface area contributed by atoms with E-state index in [0.717, 1.165) is 25.4 Å². The molecule has 0 aliphatic rings. The molecule has 0 radical (unpaired) electrons. The molecule has 3 rings (SSSR count). The Kier molecular flexibility index (Phi) is 4.91. The van der Waals surface area contributed by atoms with Crippen LogP contribution in [-0.2, 0) is 21.2 Å². The Morgan fingerprint density at radius 3 is 2.35 bits per heavy atom. The molecule has 0 atom stereocenters. The van der Waals surface area contributed by atoms with Crippen LogP contribution in [0, 0.1) is 10.7 Å². The first-order valence-corrected chi connectivity index (χ1v) is 11.1. The zero-order valence-electron chi connectivity index (χ0n) is 12.2. The zero-order chi connectivity index (χ0) is 16.3. The molecule has 7 heteroatoms. The molecule has 0 saturated carbocycles. The van der Waals surface area contributed by atoms with Crippen molar-refractivity contribution < 1.29 is 8.42 Å². The summed E-state index contributed by atoms with van der Waals surface area (Å²) in [6, 6.07) is 18.5. The first-order valence-electron chi connectivity index (χ1n) is 6.74. The summed E-state index contributed by atoms with van der Waals surface area (Å²) in [7, 11) is -0.468. The van der Waals surface area contributed by atoms with Gasteiger partial charge in [0.05, 0.1) is 4.90 Å². The van der Waals surface area contributed by atoms with Crippen LogP contribution in [0.25, 0.3) is 10.4 Å². The van der Waals surface area contributed by atoms with Crippen LogP contribution >= 0.6 is 20.7 Å². The third-order valence-electron chi connectivity index (χ3n) is 3.07. The smallest absolute Gasteiger partial charge is 0.198 e. The van der Waals surface area contributed by atoms with Gasteiger partial charge in [-0.2, -0.15) is 8.42 Å². The first kappa shape index (κ1) is 16.3. The quantitative estimate of drug-likeness (QED) is 0.476. The summed E-state index contributed by atoms with van der Waals surface area (Å²) >= 11 is 1.01. The average molecular weight is 380 g/mol. The van der Waals surface area contributed by atoms with E-state index in [1.54, 1.807) is 40.7 Å². The molecule has 118 valence electrons. The Hall–Kier alpha value is -1.54. The van der Waals surface area contributed by atoms with Crippen molar-refractivity contribution in [3.63, 3.8) is 0 Å². The van der Waals surface area contributed by atoms with Crippen molar-refractivity contribution in [1.29, 1.82) is 0 Å². The van der Waals surface area contributed by atoms with Gasteiger partial charge in [0.2, 0.25) is 0 Å². The molecule has 3 aromatic rings. The van der Waals surface area contributed by atoms with E-state index < -0.39 is 10.0 Å². The van der Waals surface area contributed by atoms with Gasteiger partial charge in [-0.15, -0.1) is 0 Å². The van der Waals surface area contributed by atoms with Gasteiger partial charge in [-0.1, -0.05) is 72.5 Å². The Morgan fingerprint density at radius 2 is 1.65 bits per heavy atom. The topological polar surface area (TPSA) is 46.5 Å². The van der Waals surface area contributed by atoms with Gasteiger partial charge in [0.15, 0.2) is 0 Å². The third kappa shape index (κ3) is 4.06. The largest absolute Gasteiger partial charge is 0.292 e. The van der Waals surface area contributed by atoms with Crippen LogP contribution in [0.15, 0.2) is 69.3 Å². The van der Waals surface area contributed by atoms with Crippen molar-refractivity contribution in [2.24, 2.45) is 3.77 Å². The van der Waals surface area contributed by atoms with Gasteiger partial charge in [-0.25, -0.2) is 0 Å². The number of rotatable bonds is 3. The van der Waals surface area contributed by atoms with E-state index in [1.807, 2.05) is 6.07 Å².